The quantitative estimate of drug-likeness (QED) is 0.912. The number of amides is 2. The molecule has 0 aliphatic carbocycles. The molecule has 130 valence electrons. The lowest BCUT2D eigenvalue weighted by atomic mass is 10.1. The van der Waals surface area contributed by atoms with Crippen LogP contribution in [0.2, 0.25) is 5.02 Å². The van der Waals surface area contributed by atoms with Crippen LogP contribution in [0.4, 0.5) is 5.69 Å². The fourth-order valence-electron chi connectivity index (χ4n) is 3.21. The average molecular weight is 357 g/mol. The number of rotatable bonds is 4. The lowest BCUT2D eigenvalue weighted by Crippen LogP contribution is -2.42. The van der Waals surface area contributed by atoms with Crippen molar-refractivity contribution in [1.29, 1.82) is 0 Å². The molecule has 0 unspecified atom stereocenters. The van der Waals surface area contributed by atoms with E-state index in [1.807, 2.05) is 38.1 Å². The average Bonchev–Trinajstić information content (AvgIpc) is 2.89. The molecule has 0 aromatic heterocycles. The lowest BCUT2D eigenvalue weighted by Gasteiger charge is -2.18. The Bertz CT molecular complexity index is 782. The molecule has 2 aromatic rings. The number of hydrogen-bond donors (Lipinski definition) is 1. The molecule has 0 radical (unpaired) electrons. The highest BCUT2D eigenvalue weighted by atomic mass is 35.5. The first-order valence-electron chi connectivity index (χ1n) is 8.36. The third-order valence-corrected chi connectivity index (χ3v) is 4.59. The highest BCUT2D eigenvalue weighted by molar-refractivity contribution is 6.30. The van der Waals surface area contributed by atoms with E-state index in [9.17, 15) is 9.59 Å². The van der Waals surface area contributed by atoms with Crippen LogP contribution in [0.25, 0.3) is 0 Å². The van der Waals surface area contributed by atoms with Crippen LogP contribution in [0, 0.1) is 13.8 Å². The summed E-state index contributed by atoms with van der Waals surface area (Å²) in [4.78, 5) is 26.6. The van der Waals surface area contributed by atoms with Crippen LogP contribution in [-0.2, 0) is 16.0 Å². The maximum Gasteiger partial charge on any atom is 0.249 e. The van der Waals surface area contributed by atoms with Gasteiger partial charge in [-0.1, -0.05) is 29.8 Å². The minimum absolute atomic E-state index is 0.0468. The number of nitrogens with one attached hydrogen (secondary N) is 1. The van der Waals surface area contributed by atoms with Crippen LogP contribution in [0.1, 0.15) is 23.1 Å². The number of aryl methyl sites for hydroxylation is 2. The van der Waals surface area contributed by atoms with Crippen molar-refractivity contribution >= 4 is 29.1 Å². The number of halogens is 1. The molecular formula is C20H21ClN2O2. The van der Waals surface area contributed by atoms with Crippen molar-refractivity contribution in [1.82, 2.24) is 5.32 Å². The molecule has 3 rings (SSSR count). The maximum absolute atomic E-state index is 12.7. The van der Waals surface area contributed by atoms with Crippen LogP contribution in [-0.4, -0.2) is 24.4 Å². The number of benzene rings is 2. The summed E-state index contributed by atoms with van der Waals surface area (Å²) in [7, 11) is 0. The molecule has 0 spiro atoms. The molecule has 1 aliphatic heterocycles. The Kier molecular flexibility index (Phi) is 5.09. The Hall–Kier alpha value is -2.33. The van der Waals surface area contributed by atoms with Crippen LogP contribution in [0.15, 0.2) is 42.5 Å². The standard InChI is InChI=1S/C20H21ClN2O2/c1-13-9-14(2)11-17(10-13)23-8-7-18(20(23)25)22-19(24)12-15-3-5-16(21)6-4-15/h3-6,9-11,18H,7-8,12H2,1-2H3,(H,22,24)/t18-/m1/s1. The van der Waals surface area contributed by atoms with Crippen molar-refractivity contribution in [2.45, 2.75) is 32.7 Å². The van der Waals surface area contributed by atoms with E-state index < -0.39 is 6.04 Å². The van der Waals surface area contributed by atoms with Gasteiger partial charge in [-0.15, -0.1) is 0 Å². The van der Waals surface area contributed by atoms with Crippen molar-refractivity contribution in [3.63, 3.8) is 0 Å². The molecule has 25 heavy (non-hydrogen) atoms. The second kappa shape index (κ2) is 7.28. The monoisotopic (exact) mass is 356 g/mol. The fourth-order valence-corrected chi connectivity index (χ4v) is 3.34. The predicted molar refractivity (Wildman–Crippen MR) is 100.0 cm³/mol. The summed E-state index contributed by atoms with van der Waals surface area (Å²) < 4.78 is 0. The Morgan fingerprint density at radius 1 is 1.16 bits per heavy atom. The number of anilines is 1. The maximum atomic E-state index is 12.7. The van der Waals surface area contributed by atoms with Gasteiger partial charge < -0.3 is 10.2 Å². The summed E-state index contributed by atoms with van der Waals surface area (Å²) >= 11 is 5.85. The third-order valence-electron chi connectivity index (χ3n) is 4.34. The highest BCUT2D eigenvalue weighted by Crippen LogP contribution is 2.24. The van der Waals surface area contributed by atoms with Crippen LogP contribution >= 0.6 is 11.6 Å². The molecule has 0 saturated carbocycles. The molecular weight excluding hydrogens is 336 g/mol. The van der Waals surface area contributed by atoms with Crippen molar-refractivity contribution in [3.8, 4) is 0 Å². The van der Waals surface area contributed by atoms with E-state index in [0.29, 0.717) is 18.0 Å². The predicted octanol–water partition coefficient (Wildman–Crippen LogP) is 3.42. The second-order valence-electron chi connectivity index (χ2n) is 6.55. The molecule has 1 saturated heterocycles. The molecule has 2 amide bonds. The summed E-state index contributed by atoms with van der Waals surface area (Å²) in [5, 5.41) is 3.50. The molecule has 1 heterocycles. The van der Waals surface area contributed by atoms with Gasteiger partial charge in [-0.25, -0.2) is 0 Å². The van der Waals surface area contributed by atoms with E-state index >= 15 is 0 Å². The van der Waals surface area contributed by atoms with Crippen molar-refractivity contribution in [3.05, 3.63) is 64.2 Å². The minimum atomic E-state index is -0.458. The fraction of sp³-hybridized carbons (Fsp3) is 0.300. The van der Waals surface area contributed by atoms with Crippen molar-refractivity contribution in [2.75, 3.05) is 11.4 Å². The molecule has 5 heteroatoms. The van der Waals surface area contributed by atoms with E-state index in [4.69, 9.17) is 11.6 Å². The van der Waals surface area contributed by atoms with Gasteiger partial charge >= 0.3 is 0 Å². The number of nitrogens with zero attached hydrogens (tertiary/aromatic N) is 1. The topological polar surface area (TPSA) is 49.4 Å². The second-order valence-corrected chi connectivity index (χ2v) is 6.98. The summed E-state index contributed by atoms with van der Waals surface area (Å²) in [6.07, 6.45) is 0.864. The van der Waals surface area contributed by atoms with Crippen molar-refractivity contribution < 1.29 is 9.59 Å². The van der Waals surface area contributed by atoms with Gasteiger partial charge in [0.1, 0.15) is 6.04 Å². The Balaban J connectivity index is 1.63. The summed E-state index contributed by atoms with van der Waals surface area (Å²) in [6.45, 7) is 4.65. The highest BCUT2D eigenvalue weighted by Gasteiger charge is 2.33. The van der Waals surface area contributed by atoms with E-state index in [2.05, 4.69) is 11.4 Å². The lowest BCUT2D eigenvalue weighted by molar-refractivity contribution is -0.126. The van der Waals surface area contributed by atoms with E-state index in [1.54, 1.807) is 17.0 Å². The zero-order valence-electron chi connectivity index (χ0n) is 14.4. The molecule has 4 nitrogen and oxygen atoms in total. The normalized spacial score (nSPS) is 17.0. The van der Waals surface area contributed by atoms with Gasteiger partial charge in [0.05, 0.1) is 6.42 Å². The number of carbonyl (C=O) groups is 2. The Morgan fingerprint density at radius 2 is 1.80 bits per heavy atom. The molecule has 2 aromatic carbocycles. The van der Waals surface area contributed by atoms with Gasteiger partial charge in [0.25, 0.3) is 0 Å². The van der Waals surface area contributed by atoms with Crippen molar-refractivity contribution in [2.24, 2.45) is 0 Å². The first-order chi connectivity index (χ1) is 11.9. The summed E-state index contributed by atoms with van der Waals surface area (Å²) in [5.41, 5.74) is 4.02. The first kappa shape index (κ1) is 17.5. The molecule has 1 N–H and O–H groups in total. The van der Waals surface area contributed by atoms with Crippen LogP contribution in [0.3, 0.4) is 0 Å². The zero-order valence-corrected chi connectivity index (χ0v) is 15.1. The van der Waals surface area contributed by atoms with Crippen LogP contribution in [0.5, 0.6) is 0 Å². The van der Waals surface area contributed by atoms with Gasteiger partial charge in [-0.05, 0) is 61.2 Å². The molecule has 1 aliphatic rings. The van der Waals surface area contributed by atoms with Gasteiger partial charge in [0, 0.05) is 17.3 Å². The van der Waals surface area contributed by atoms with Crippen LogP contribution < -0.4 is 10.2 Å². The SMILES string of the molecule is Cc1cc(C)cc(N2CC[C@@H](NC(=O)Cc3ccc(Cl)cc3)C2=O)c1. The number of carbonyl (C=O) groups excluding carboxylic acids is 2. The largest absolute Gasteiger partial charge is 0.344 e. The Morgan fingerprint density at radius 3 is 2.44 bits per heavy atom. The smallest absolute Gasteiger partial charge is 0.249 e. The van der Waals surface area contributed by atoms with Gasteiger partial charge in [0.15, 0.2) is 0 Å². The molecule has 0 bridgehead atoms. The molecule has 1 fully saturated rings. The third kappa shape index (κ3) is 4.20. The van der Waals surface area contributed by atoms with E-state index in [0.717, 1.165) is 22.4 Å². The minimum Gasteiger partial charge on any atom is -0.344 e. The summed E-state index contributed by atoms with van der Waals surface area (Å²) in [5.74, 6) is -0.197. The van der Waals surface area contributed by atoms with Gasteiger partial charge in [0.2, 0.25) is 11.8 Å². The van der Waals surface area contributed by atoms with E-state index in [1.165, 1.54) is 0 Å². The summed E-state index contributed by atoms with van der Waals surface area (Å²) in [6, 6.07) is 12.8. The number of hydrogen-bond acceptors (Lipinski definition) is 2. The Labute approximate surface area is 152 Å². The molecule has 1 atom stereocenters. The van der Waals surface area contributed by atoms with Gasteiger partial charge in [-0.3, -0.25) is 9.59 Å². The van der Waals surface area contributed by atoms with E-state index in [-0.39, 0.29) is 18.2 Å². The first-order valence-corrected chi connectivity index (χ1v) is 8.73. The zero-order chi connectivity index (χ0) is 18.0. The van der Waals surface area contributed by atoms with Gasteiger partial charge in [-0.2, -0.15) is 0 Å².